The summed E-state index contributed by atoms with van der Waals surface area (Å²) in [5.41, 5.74) is 4.33. The molecule has 3 rings (SSSR count). The molecule has 25 heavy (non-hydrogen) atoms. The summed E-state index contributed by atoms with van der Waals surface area (Å²) in [4.78, 5) is 13.0. The van der Waals surface area contributed by atoms with Gasteiger partial charge in [-0.25, -0.2) is 0 Å². The van der Waals surface area contributed by atoms with E-state index in [1.807, 2.05) is 17.7 Å². The molecular weight excluding hydrogens is 310 g/mol. The SMILES string of the molecule is Cc1cc(C)c2cc(C(=O)NC3CC(C)(C)NC(C)(C)C3)n(C)c2c1. The van der Waals surface area contributed by atoms with Crippen molar-refractivity contribution >= 4 is 16.8 Å². The molecule has 1 aliphatic rings. The molecule has 4 heteroatoms. The second-order valence-corrected chi connectivity index (χ2v) is 9.07. The van der Waals surface area contributed by atoms with Crippen LogP contribution in [0.2, 0.25) is 0 Å². The molecule has 0 aliphatic carbocycles. The summed E-state index contributed by atoms with van der Waals surface area (Å²) in [6.45, 7) is 13.0. The van der Waals surface area contributed by atoms with Gasteiger partial charge in [-0.15, -0.1) is 0 Å². The fourth-order valence-electron chi connectivity index (χ4n) is 4.69. The molecule has 1 aromatic carbocycles. The van der Waals surface area contributed by atoms with E-state index in [0.29, 0.717) is 0 Å². The Morgan fingerprint density at radius 1 is 1.12 bits per heavy atom. The van der Waals surface area contributed by atoms with Crippen LogP contribution in [0.25, 0.3) is 10.9 Å². The van der Waals surface area contributed by atoms with Gasteiger partial charge in [-0.2, -0.15) is 0 Å². The lowest BCUT2D eigenvalue weighted by Gasteiger charge is -2.46. The highest BCUT2D eigenvalue weighted by atomic mass is 16.2. The molecule has 0 radical (unpaired) electrons. The van der Waals surface area contributed by atoms with Crippen LogP contribution in [-0.4, -0.2) is 27.6 Å². The van der Waals surface area contributed by atoms with Crippen LogP contribution in [0, 0.1) is 13.8 Å². The van der Waals surface area contributed by atoms with E-state index in [0.717, 1.165) is 29.4 Å². The summed E-state index contributed by atoms with van der Waals surface area (Å²) in [6, 6.07) is 6.52. The van der Waals surface area contributed by atoms with Gasteiger partial charge in [0.2, 0.25) is 0 Å². The Balaban J connectivity index is 1.88. The summed E-state index contributed by atoms with van der Waals surface area (Å²) in [5, 5.41) is 8.10. The summed E-state index contributed by atoms with van der Waals surface area (Å²) < 4.78 is 2.02. The summed E-state index contributed by atoms with van der Waals surface area (Å²) >= 11 is 0. The van der Waals surface area contributed by atoms with Gasteiger partial charge in [-0.05, 0) is 77.6 Å². The van der Waals surface area contributed by atoms with Crippen molar-refractivity contribution in [2.75, 3.05) is 0 Å². The van der Waals surface area contributed by atoms with E-state index in [-0.39, 0.29) is 23.0 Å². The number of benzene rings is 1. The number of nitrogens with zero attached hydrogens (tertiary/aromatic N) is 1. The van der Waals surface area contributed by atoms with Crippen LogP contribution in [-0.2, 0) is 7.05 Å². The van der Waals surface area contributed by atoms with E-state index in [1.165, 1.54) is 11.1 Å². The van der Waals surface area contributed by atoms with Gasteiger partial charge in [0.15, 0.2) is 0 Å². The Bertz CT molecular complexity index is 813. The van der Waals surface area contributed by atoms with Gasteiger partial charge in [0, 0.05) is 35.1 Å². The molecule has 1 fully saturated rings. The molecule has 0 unspecified atom stereocenters. The molecule has 0 atom stereocenters. The normalized spacial score (nSPS) is 20.0. The molecule has 136 valence electrons. The van der Waals surface area contributed by atoms with E-state index in [1.54, 1.807) is 0 Å². The standard InChI is InChI=1S/C21H31N3O/c1-13-8-14(2)16-10-18(24(7)17(16)9-13)19(25)22-15-11-20(3,4)23-21(5,6)12-15/h8-10,15,23H,11-12H2,1-7H3,(H,22,25). The Morgan fingerprint density at radius 2 is 1.72 bits per heavy atom. The van der Waals surface area contributed by atoms with Crippen LogP contribution in [0.5, 0.6) is 0 Å². The number of aromatic nitrogens is 1. The zero-order chi connectivity index (χ0) is 18.6. The number of hydrogen-bond donors (Lipinski definition) is 2. The molecule has 1 aliphatic heterocycles. The van der Waals surface area contributed by atoms with Gasteiger partial charge in [0.05, 0.1) is 0 Å². The van der Waals surface area contributed by atoms with Gasteiger partial charge in [-0.1, -0.05) is 6.07 Å². The Morgan fingerprint density at radius 3 is 2.32 bits per heavy atom. The number of carbonyl (C=O) groups excluding carboxylic acids is 1. The predicted octanol–water partition coefficient (Wildman–Crippen LogP) is 3.83. The number of carbonyl (C=O) groups is 1. The van der Waals surface area contributed by atoms with Crippen molar-refractivity contribution in [1.82, 2.24) is 15.2 Å². The van der Waals surface area contributed by atoms with Crippen molar-refractivity contribution < 1.29 is 4.79 Å². The highest BCUT2D eigenvalue weighted by Gasteiger charge is 2.38. The molecule has 0 bridgehead atoms. The maximum Gasteiger partial charge on any atom is 0.268 e. The largest absolute Gasteiger partial charge is 0.348 e. The summed E-state index contributed by atoms with van der Waals surface area (Å²) in [6.07, 6.45) is 1.87. The van der Waals surface area contributed by atoms with Gasteiger partial charge in [0.25, 0.3) is 5.91 Å². The number of nitrogens with one attached hydrogen (secondary N) is 2. The fraction of sp³-hybridized carbons (Fsp3) is 0.571. The molecule has 1 saturated heterocycles. The third-order valence-electron chi connectivity index (χ3n) is 5.27. The fourth-order valence-corrected chi connectivity index (χ4v) is 4.69. The quantitative estimate of drug-likeness (QED) is 0.872. The van der Waals surface area contributed by atoms with Crippen molar-refractivity contribution in [3.05, 3.63) is 35.0 Å². The summed E-state index contributed by atoms with van der Waals surface area (Å²) in [5.74, 6) is 0.0225. The van der Waals surface area contributed by atoms with Gasteiger partial charge in [-0.3, -0.25) is 4.79 Å². The topological polar surface area (TPSA) is 46.1 Å². The van der Waals surface area contributed by atoms with Crippen molar-refractivity contribution in [2.24, 2.45) is 7.05 Å². The maximum atomic E-state index is 13.0. The maximum absolute atomic E-state index is 13.0. The Kier molecular flexibility index (Phi) is 4.23. The lowest BCUT2D eigenvalue weighted by molar-refractivity contribution is 0.0865. The number of fused-ring (bicyclic) bond motifs is 1. The predicted molar refractivity (Wildman–Crippen MR) is 104 cm³/mol. The molecule has 2 N–H and O–H groups in total. The molecule has 0 spiro atoms. The first-order valence-electron chi connectivity index (χ1n) is 9.14. The average molecular weight is 341 g/mol. The number of rotatable bonds is 2. The molecular formula is C21H31N3O. The lowest BCUT2D eigenvalue weighted by atomic mass is 9.79. The van der Waals surface area contributed by atoms with Crippen molar-refractivity contribution in [3.8, 4) is 0 Å². The smallest absolute Gasteiger partial charge is 0.268 e. The van der Waals surface area contributed by atoms with Crippen LogP contribution in [0.4, 0.5) is 0 Å². The lowest BCUT2D eigenvalue weighted by Crippen LogP contribution is -2.62. The van der Waals surface area contributed by atoms with E-state index >= 15 is 0 Å². The summed E-state index contributed by atoms with van der Waals surface area (Å²) in [7, 11) is 1.98. The molecule has 2 aromatic rings. The molecule has 2 heterocycles. The van der Waals surface area contributed by atoms with E-state index in [2.05, 4.69) is 64.3 Å². The minimum absolute atomic E-state index is 0.0202. The first-order chi connectivity index (χ1) is 11.5. The van der Waals surface area contributed by atoms with Crippen LogP contribution in [0.3, 0.4) is 0 Å². The average Bonchev–Trinajstić information content (AvgIpc) is 2.73. The molecule has 1 amide bonds. The third kappa shape index (κ3) is 3.59. The highest BCUT2D eigenvalue weighted by molar-refractivity contribution is 5.99. The molecule has 4 nitrogen and oxygen atoms in total. The van der Waals surface area contributed by atoms with Crippen LogP contribution in [0.15, 0.2) is 18.2 Å². The first-order valence-corrected chi connectivity index (χ1v) is 9.14. The number of aryl methyl sites for hydroxylation is 3. The number of piperidine rings is 1. The monoisotopic (exact) mass is 341 g/mol. The second kappa shape index (κ2) is 5.87. The van der Waals surface area contributed by atoms with Crippen LogP contribution < -0.4 is 10.6 Å². The van der Waals surface area contributed by atoms with E-state index in [9.17, 15) is 4.79 Å². The minimum atomic E-state index is 0.0202. The Labute approximate surface area is 151 Å². The van der Waals surface area contributed by atoms with Gasteiger partial charge in [0.1, 0.15) is 5.69 Å². The number of hydrogen-bond acceptors (Lipinski definition) is 2. The van der Waals surface area contributed by atoms with Crippen LogP contribution in [0.1, 0.15) is 62.2 Å². The minimum Gasteiger partial charge on any atom is -0.348 e. The Hall–Kier alpha value is -1.81. The van der Waals surface area contributed by atoms with Crippen molar-refractivity contribution in [2.45, 2.75) is 71.5 Å². The van der Waals surface area contributed by atoms with E-state index < -0.39 is 0 Å². The first kappa shape index (κ1) is 18.0. The van der Waals surface area contributed by atoms with Gasteiger partial charge < -0.3 is 15.2 Å². The molecule has 0 saturated carbocycles. The zero-order valence-corrected chi connectivity index (χ0v) is 16.6. The molecule has 1 aromatic heterocycles. The third-order valence-corrected chi connectivity index (χ3v) is 5.27. The van der Waals surface area contributed by atoms with Crippen molar-refractivity contribution in [1.29, 1.82) is 0 Å². The second-order valence-electron chi connectivity index (χ2n) is 9.07. The zero-order valence-electron chi connectivity index (χ0n) is 16.6. The van der Waals surface area contributed by atoms with Crippen molar-refractivity contribution in [3.63, 3.8) is 0 Å². The van der Waals surface area contributed by atoms with Gasteiger partial charge >= 0.3 is 0 Å². The number of amides is 1. The van der Waals surface area contributed by atoms with Crippen LogP contribution >= 0.6 is 0 Å². The highest BCUT2D eigenvalue weighted by Crippen LogP contribution is 2.29. The van der Waals surface area contributed by atoms with E-state index in [4.69, 9.17) is 0 Å².